The van der Waals surface area contributed by atoms with Gasteiger partial charge in [-0.3, -0.25) is 4.79 Å². The molecule has 6 heteroatoms. The molecule has 0 spiro atoms. The first-order valence-corrected chi connectivity index (χ1v) is 6.76. The third-order valence-corrected chi connectivity index (χ3v) is 2.73. The summed E-state index contributed by atoms with van der Waals surface area (Å²) in [6, 6.07) is 3.62. The van der Waals surface area contributed by atoms with E-state index in [1.165, 1.54) is 0 Å². The van der Waals surface area contributed by atoms with E-state index in [4.69, 9.17) is 0 Å². The Kier molecular flexibility index (Phi) is 6.97. The molecular weight excluding hydrogens is 254 g/mol. The number of likely N-dealkylation sites (N-methyl/N-ethyl adjacent to an activating group) is 2. The van der Waals surface area contributed by atoms with E-state index in [9.17, 15) is 4.79 Å². The fourth-order valence-electron chi connectivity index (χ4n) is 1.54. The molecule has 20 heavy (non-hydrogen) atoms. The van der Waals surface area contributed by atoms with E-state index in [1.807, 2.05) is 39.2 Å². The SMILES string of the molecule is CN(C)CCNC(=O)c1ccc(NCCN(C)C)cn1. The van der Waals surface area contributed by atoms with E-state index >= 15 is 0 Å². The van der Waals surface area contributed by atoms with Crippen LogP contribution in [0, 0.1) is 0 Å². The summed E-state index contributed by atoms with van der Waals surface area (Å²) in [6.07, 6.45) is 1.69. The summed E-state index contributed by atoms with van der Waals surface area (Å²) in [6.45, 7) is 3.24. The molecule has 112 valence electrons. The number of aromatic nitrogens is 1. The van der Waals surface area contributed by atoms with Gasteiger partial charge in [-0.2, -0.15) is 0 Å². The number of anilines is 1. The molecule has 0 saturated heterocycles. The van der Waals surface area contributed by atoms with Gasteiger partial charge in [0.15, 0.2) is 0 Å². The Bertz CT molecular complexity index is 403. The molecule has 0 aromatic carbocycles. The number of rotatable bonds is 8. The average molecular weight is 279 g/mol. The van der Waals surface area contributed by atoms with Crippen LogP contribution in [0.3, 0.4) is 0 Å². The van der Waals surface area contributed by atoms with Gasteiger partial charge in [0.25, 0.3) is 5.91 Å². The maximum absolute atomic E-state index is 11.8. The molecule has 1 rings (SSSR count). The molecule has 1 heterocycles. The maximum Gasteiger partial charge on any atom is 0.269 e. The van der Waals surface area contributed by atoms with Gasteiger partial charge in [-0.1, -0.05) is 0 Å². The molecule has 0 unspecified atom stereocenters. The van der Waals surface area contributed by atoms with E-state index in [-0.39, 0.29) is 5.91 Å². The van der Waals surface area contributed by atoms with Crippen LogP contribution in [0.15, 0.2) is 18.3 Å². The third-order valence-electron chi connectivity index (χ3n) is 2.73. The van der Waals surface area contributed by atoms with E-state index in [0.29, 0.717) is 12.2 Å². The number of amides is 1. The molecule has 0 aliphatic heterocycles. The van der Waals surface area contributed by atoms with Gasteiger partial charge < -0.3 is 20.4 Å². The quantitative estimate of drug-likeness (QED) is 0.719. The van der Waals surface area contributed by atoms with Gasteiger partial charge in [-0.25, -0.2) is 4.98 Å². The summed E-state index contributed by atoms with van der Waals surface area (Å²) in [7, 11) is 8.00. The van der Waals surface area contributed by atoms with Crippen molar-refractivity contribution >= 4 is 11.6 Å². The van der Waals surface area contributed by atoms with E-state index < -0.39 is 0 Å². The molecule has 1 aromatic heterocycles. The normalized spacial score (nSPS) is 10.9. The minimum Gasteiger partial charge on any atom is -0.383 e. The number of carbonyl (C=O) groups is 1. The predicted octanol–water partition coefficient (Wildman–Crippen LogP) is 0.347. The highest BCUT2D eigenvalue weighted by Crippen LogP contribution is 2.05. The Morgan fingerprint density at radius 2 is 1.75 bits per heavy atom. The molecule has 0 bridgehead atoms. The third kappa shape index (κ3) is 6.49. The zero-order chi connectivity index (χ0) is 15.0. The summed E-state index contributed by atoms with van der Waals surface area (Å²) < 4.78 is 0. The Labute approximate surface area is 121 Å². The first kappa shape index (κ1) is 16.4. The Hall–Kier alpha value is -1.66. The number of hydrogen-bond acceptors (Lipinski definition) is 5. The molecule has 0 saturated carbocycles. The summed E-state index contributed by atoms with van der Waals surface area (Å²) in [5.74, 6) is -0.133. The van der Waals surface area contributed by atoms with Crippen molar-refractivity contribution in [2.75, 3.05) is 59.7 Å². The molecule has 0 atom stereocenters. The van der Waals surface area contributed by atoms with Crippen LogP contribution in [0.25, 0.3) is 0 Å². The first-order chi connectivity index (χ1) is 9.49. The Balaban J connectivity index is 2.39. The summed E-state index contributed by atoms with van der Waals surface area (Å²) in [5, 5.41) is 6.10. The van der Waals surface area contributed by atoms with Crippen LogP contribution in [0.4, 0.5) is 5.69 Å². The number of hydrogen-bond donors (Lipinski definition) is 2. The second kappa shape index (κ2) is 8.50. The standard InChI is InChI=1S/C14H25N5O/c1-18(2)9-7-15-12-5-6-13(17-11-12)14(20)16-8-10-19(3)4/h5-6,11,15H,7-10H2,1-4H3,(H,16,20). The molecule has 0 fully saturated rings. The average Bonchev–Trinajstić information content (AvgIpc) is 2.38. The van der Waals surface area contributed by atoms with Crippen LogP contribution in [-0.2, 0) is 0 Å². The first-order valence-electron chi connectivity index (χ1n) is 6.76. The fraction of sp³-hybridized carbons (Fsp3) is 0.571. The lowest BCUT2D eigenvalue weighted by molar-refractivity contribution is 0.0946. The van der Waals surface area contributed by atoms with Gasteiger partial charge in [0.1, 0.15) is 5.69 Å². The minimum absolute atomic E-state index is 0.133. The van der Waals surface area contributed by atoms with Gasteiger partial charge in [-0.15, -0.1) is 0 Å². The van der Waals surface area contributed by atoms with E-state index in [0.717, 1.165) is 25.3 Å². The van der Waals surface area contributed by atoms with Gasteiger partial charge in [-0.05, 0) is 40.3 Å². The van der Waals surface area contributed by atoms with Crippen molar-refractivity contribution in [2.24, 2.45) is 0 Å². The highest BCUT2D eigenvalue weighted by Gasteiger charge is 2.06. The maximum atomic E-state index is 11.8. The van der Waals surface area contributed by atoms with Gasteiger partial charge in [0.2, 0.25) is 0 Å². The molecule has 1 aromatic rings. The molecule has 1 amide bonds. The van der Waals surface area contributed by atoms with E-state index in [2.05, 4.69) is 20.5 Å². The molecular formula is C14H25N5O. The monoisotopic (exact) mass is 279 g/mol. The van der Waals surface area contributed by atoms with Gasteiger partial charge >= 0.3 is 0 Å². The molecule has 0 aliphatic carbocycles. The number of nitrogens with one attached hydrogen (secondary N) is 2. The lowest BCUT2D eigenvalue weighted by Gasteiger charge is -2.12. The second-order valence-corrected chi connectivity index (χ2v) is 5.22. The lowest BCUT2D eigenvalue weighted by Crippen LogP contribution is -2.31. The molecule has 2 N–H and O–H groups in total. The Morgan fingerprint density at radius 1 is 1.10 bits per heavy atom. The summed E-state index contributed by atoms with van der Waals surface area (Å²) in [5.41, 5.74) is 1.37. The smallest absolute Gasteiger partial charge is 0.269 e. The van der Waals surface area contributed by atoms with Crippen molar-refractivity contribution in [3.63, 3.8) is 0 Å². The zero-order valence-electron chi connectivity index (χ0n) is 12.8. The van der Waals surface area contributed by atoms with Crippen molar-refractivity contribution in [3.8, 4) is 0 Å². The second-order valence-electron chi connectivity index (χ2n) is 5.22. The van der Waals surface area contributed by atoms with Gasteiger partial charge in [0, 0.05) is 26.2 Å². The van der Waals surface area contributed by atoms with Crippen LogP contribution >= 0.6 is 0 Å². The summed E-state index contributed by atoms with van der Waals surface area (Å²) >= 11 is 0. The summed E-state index contributed by atoms with van der Waals surface area (Å²) in [4.78, 5) is 20.1. The molecule has 0 radical (unpaired) electrons. The van der Waals surface area contributed by atoms with Crippen LogP contribution in [-0.4, -0.2) is 75.1 Å². The minimum atomic E-state index is -0.133. The van der Waals surface area contributed by atoms with Crippen molar-refractivity contribution < 1.29 is 4.79 Å². The van der Waals surface area contributed by atoms with Crippen LogP contribution in [0.5, 0.6) is 0 Å². The van der Waals surface area contributed by atoms with Gasteiger partial charge in [0.05, 0.1) is 11.9 Å². The largest absolute Gasteiger partial charge is 0.383 e. The highest BCUT2D eigenvalue weighted by molar-refractivity contribution is 5.92. The highest BCUT2D eigenvalue weighted by atomic mass is 16.1. The Morgan fingerprint density at radius 3 is 2.30 bits per heavy atom. The zero-order valence-corrected chi connectivity index (χ0v) is 12.8. The topological polar surface area (TPSA) is 60.5 Å². The van der Waals surface area contributed by atoms with Crippen molar-refractivity contribution in [2.45, 2.75) is 0 Å². The molecule has 0 aliphatic rings. The van der Waals surface area contributed by atoms with Crippen molar-refractivity contribution in [1.29, 1.82) is 0 Å². The number of carbonyl (C=O) groups excluding carboxylic acids is 1. The lowest BCUT2D eigenvalue weighted by atomic mass is 10.3. The van der Waals surface area contributed by atoms with E-state index in [1.54, 1.807) is 12.3 Å². The molecule has 6 nitrogen and oxygen atoms in total. The van der Waals surface area contributed by atoms with Crippen LogP contribution in [0.1, 0.15) is 10.5 Å². The predicted molar refractivity (Wildman–Crippen MR) is 82.2 cm³/mol. The van der Waals surface area contributed by atoms with Crippen molar-refractivity contribution in [3.05, 3.63) is 24.0 Å². The van der Waals surface area contributed by atoms with Crippen LogP contribution < -0.4 is 10.6 Å². The van der Waals surface area contributed by atoms with Crippen LogP contribution in [0.2, 0.25) is 0 Å². The number of nitrogens with zero attached hydrogens (tertiary/aromatic N) is 3. The van der Waals surface area contributed by atoms with Crippen molar-refractivity contribution in [1.82, 2.24) is 20.1 Å². The fourth-order valence-corrected chi connectivity index (χ4v) is 1.54. The number of pyridine rings is 1.